The number of carboxylic acid groups (broad SMARTS) is 1. The number of carboxylic acids is 1. The molecule has 0 aliphatic carbocycles. The van der Waals surface area contributed by atoms with Gasteiger partial charge in [-0.1, -0.05) is 41.9 Å². The summed E-state index contributed by atoms with van der Waals surface area (Å²) in [5, 5.41) is 13.3. The van der Waals surface area contributed by atoms with Gasteiger partial charge in [-0.05, 0) is 31.5 Å². The van der Waals surface area contributed by atoms with Crippen LogP contribution < -0.4 is 5.32 Å². The number of nitrogens with one attached hydrogen (secondary N) is 1. The normalized spacial score (nSPS) is 10.6. The number of aromatic carboxylic acids is 1. The van der Waals surface area contributed by atoms with Crippen molar-refractivity contribution in [2.45, 2.75) is 30.1 Å². The molecule has 0 unspecified atom stereocenters. The molecule has 0 radical (unpaired) electrons. The monoisotopic (exact) mass is 371 g/mol. The number of aryl methyl sites for hydroxylation is 1. The number of carbonyl (C=O) groups is 1. The smallest absolute Gasteiger partial charge is 0.374 e. The molecule has 5 nitrogen and oxygen atoms in total. The number of benzene rings is 1. The van der Waals surface area contributed by atoms with E-state index in [0.29, 0.717) is 34.5 Å². The van der Waals surface area contributed by atoms with Crippen LogP contribution in [-0.4, -0.2) is 27.6 Å². The Morgan fingerprint density at radius 1 is 1.30 bits per heavy atom. The van der Waals surface area contributed by atoms with Crippen LogP contribution in [0.15, 0.2) is 28.0 Å². The summed E-state index contributed by atoms with van der Waals surface area (Å²) in [7, 11) is 0. The Morgan fingerprint density at radius 2 is 2.04 bits per heavy atom. The molecule has 8 heteroatoms. The third-order valence-corrected chi connectivity index (χ3v) is 4.78. The first-order chi connectivity index (χ1) is 11.0. The van der Waals surface area contributed by atoms with E-state index in [1.807, 2.05) is 19.9 Å². The first-order valence-electron chi connectivity index (χ1n) is 6.97. The van der Waals surface area contributed by atoms with Gasteiger partial charge in [-0.15, -0.1) is 0 Å². The number of anilines is 1. The third-order valence-electron chi connectivity index (χ3n) is 2.91. The summed E-state index contributed by atoms with van der Waals surface area (Å²) in [6, 6.07) is 5.23. The van der Waals surface area contributed by atoms with Gasteiger partial charge in [0.1, 0.15) is 5.82 Å². The van der Waals surface area contributed by atoms with Gasteiger partial charge in [0.15, 0.2) is 0 Å². The van der Waals surface area contributed by atoms with Crippen LogP contribution in [0, 0.1) is 0 Å². The number of nitrogens with zero attached hydrogens (tertiary/aromatic N) is 2. The molecule has 0 amide bonds. The van der Waals surface area contributed by atoms with Crippen LogP contribution in [0.4, 0.5) is 5.82 Å². The molecule has 1 aromatic carbocycles. The Labute approximate surface area is 148 Å². The Bertz CT molecular complexity index is 741. The van der Waals surface area contributed by atoms with Crippen molar-refractivity contribution in [3.63, 3.8) is 0 Å². The number of halogens is 2. The van der Waals surface area contributed by atoms with Crippen molar-refractivity contribution < 1.29 is 9.90 Å². The largest absolute Gasteiger partial charge is 0.475 e. The minimum Gasteiger partial charge on any atom is -0.475 e. The maximum absolute atomic E-state index is 11.2. The van der Waals surface area contributed by atoms with Gasteiger partial charge in [0.05, 0.1) is 15.6 Å². The zero-order chi connectivity index (χ0) is 17.0. The van der Waals surface area contributed by atoms with Crippen molar-refractivity contribution in [3.8, 4) is 0 Å². The van der Waals surface area contributed by atoms with Crippen LogP contribution in [0.5, 0.6) is 0 Å². The van der Waals surface area contributed by atoms with E-state index >= 15 is 0 Å². The van der Waals surface area contributed by atoms with Crippen molar-refractivity contribution in [2.24, 2.45) is 0 Å². The number of rotatable bonds is 6. The van der Waals surface area contributed by atoms with E-state index in [2.05, 4.69) is 15.3 Å². The zero-order valence-corrected chi connectivity index (χ0v) is 14.9. The molecular formula is C15H15Cl2N3O2S. The van der Waals surface area contributed by atoms with Crippen molar-refractivity contribution in [3.05, 3.63) is 39.8 Å². The van der Waals surface area contributed by atoms with E-state index in [4.69, 9.17) is 28.3 Å². The molecule has 2 N–H and O–H groups in total. The minimum atomic E-state index is -1.15. The molecule has 1 heterocycles. The quantitative estimate of drug-likeness (QED) is 0.770. The topological polar surface area (TPSA) is 75.1 Å². The highest BCUT2D eigenvalue weighted by atomic mass is 35.5. The van der Waals surface area contributed by atoms with Crippen molar-refractivity contribution >= 4 is 46.8 Å². The molecule has 0 atom stereocenters. The maximum atomic E-state index is 11.2. The number of hydrogen-bond acceptors (Lipinski definition) is 5. The summed E-state index contributed by atoms with van der Waals surface area (Å²) in [5.74, 6) is -0.878. The lowest BCUT2D eigenvalue weighted by molar-refractivity contribution is 0.0683. The minimum absolute atomic E-state index is 0.218. The fourth-order valence-corrected chi connectivity index (χ4v) is 3.45. The van der Waals surface area contributed by atoms with Crippen LogP contribution in [-0.2, 0) is 6.42 Å². The highest BCUT2D eigenvalue weighted by molar-refractivity contribution is 7.99. The summed E-state index contributed by atoms with van der Waals surface area (Å²) < 4.78 is 0. The van der Waals surface area contributed by atoms with E-state index in [1.165, 1.54) is 11.8 Å². The first-order valence-corrected chi connectivity index (χ1v) is 8.54. The van der Waals surface area contributed by atoms with Crippen molar-refractivity contribution in [1.29, 1.82) is 0 Å². The van der Waals surface area contributed by atoms with Crippen LogP contribution >= 0.6 is 35.0 Å². The zero-order valence-electron chi connectivity index (χ0n) is 12.6. The maximum Gasteiger partial charge on any atom is 0.374 e. The Morgan fingerprint density at radius 3 is 2.61 bits per heavy atom. The van der Waals surface area contributed by atoms with Crippen LogP contribution in [0.25, 0.3) is 0 Å². The van der Waals surface area contributed by atoms with E-state index in [1.54, 1.807) is 12.1 Å². The molecule has 23 heavy (non-hydrogen) atoms. The van der Waals surface area contributed by atoms with E-state index < -0.39 is 5.97 Å². The Kier molecular flexibility index (Phi) is 6.10. The third kappa shape index (κ3) is 4.28. The summed E-state index contributed by atoms with van der Waals surface area (Å²) >= 11 is 13.5. The summed E-state index contributed by atoms with van der Waals surface area (Å²) in [6.07, 6.45) is 0.578. The lowest BCUT2D eigenvalue weighted by Crippen LogP contribution is -2.12. The first kappa shape index (κ1) is 17.8. The summed E-state index contributed by atoms with van der Waals surface area (Å²) in [5.41, 5.74) is 0.657. The molecule has 2 aromatic rings. The van der Waals surface area contributed by atoms with Gasteiger partial charge < -0.3 is 10.4 Å². The fraction of sp³-hybridized carbons (Fsp3) is 0.267. The van der Waals surface area contributed by atoms with E-state index in [-0.39, 0.29) is 5.82 Å². The molecular weight excluding hydrogens is 357 g/mol. The predicted molar refractivity (Wildman–Crippen MR) is 93.1 cm³/mol. The summed E-state index contributed by atoms with van der Waals surface area (Å²) in [4.78, 5) is 21.0. The molecule has 1 aromatic heterocycles. The van der Waals surface area contributed by atoms with Gasteiger partial charge >= 0.3 is 5.97 Å². The molecule has 2 rings (SSSR count). The van der Waals surface area contributed by atoms with Gasteiger partial charge in [0.2, 0.25) is 5.82 Å². The predicted octanol–water partition coefficient (Wildman–Crippen LogP) is 4.63. The van der Waals surface area contributed by atoms with E-state index in [0.717, 1.165) is 9.79 Å². The summed E-state index contributed by atoms with van der Waals surface area (Å²) in [6.45, 7) is 4.44. The lowest BCUT2D eigenvalue weighted by Gasteiger charge is -2.14. The second kappa shape index (κ2) is 7.86. The highest BCUT2D eigenvalue weighted by Crippen LogP contribution is 2.39. The molecule has 0 spiro atoms. The molecule has 0 saturated heterocycles. The van der Waals surface area contributed by atoms with E-state index in [9.17, 15) is 4.79 Å². The van der Waals surface area contributed by atoms with Gasteiger partial charge in [-0.2, -0.15) is 0 Å². The van der Waals surface area contributed by atoms with Crippen LogP contribution in [0.1, 0.15) is 30.2 Å². The van der Waals surface area contributed by atoms with Crippen LogP contribution in [0.2, 0.25) is 10.0 Å². The molecule has 0 fully saturated rings. The Hall–Kier alpha value is -1.50. The average molecular weight is 372 g/mol. The number of hydrogen-bond donors (Lipinski definition) is 2. The lowest BCUT2D eigenvalue weighted by atomic mass is 10.3. The van der Waals surface area contributed by atoms with Crippen LogP contribution in [0.3, 0.4) is 0 Å². The standard InChI is InChI=1S/C15H15Cl2N3O2S/c1-3-10-12(23-11-6-5-8(16)7-9(11)17)13(18-4-2)20-14(19-10)15(21)22/h5-7H,3-4H2,1-2H3,(H,21,22)(H,18,19,20). The SMILES string of the molecule is CCNc1nc(C(=O)O)nc(CC)c1Sc1ccc(Cl)cc1Cl. The molecule has 0 aliphatic rings. The Balaban J connectivity index is 2.52. The molecule has 0 bridgehead atoms. The molecule has 122 valence electrons. The average Bonchev–Trinajstić information content (AvgIpc) is 2.51. The second-order valence-electron chi connectivity index (χ2n) is 4.54. The van der Waals surface area contributed by atoms with Crippen molar-refractivity contribution in [1.82, 2.24) is 9.97 Å². The van der Waals surface area contributed by atoms with Gasteiger partial charge in [-0.3, -0.25) is 0 Å². The number of aromatic nitrogens is 2. The highest BCUT2D eigenvalue weighted by Gasteiger charge is 2.18. The molecule has 0 aliphatic heterocycles. The fourth-order valence-electron chi connectivity index (χ4n) is 1.89. The van der Waals surface area contributed by atoms with Gasteiger partial charge in [-0.25, -0.2) is 14.8 Å². The second-order valence-corrected chi connectivity index (χ2v) is 6.43. The molecule has 0 saturated carbocycles. The van der Waals surface area contributed by atoms with Gasteiger partial charge in [0.25, 0.3) is 0 Å². The van der Waals surface area contributed by atoms with Gasteiger partial charge in [0, 0.05) is 16.5 Å². The van der Waals surface area contributed by atoms with Crippen molar-refractivity contribution in [2.75, 3.05) is 11.9 Å².